The molecule has 0 amide bonds. The number of thioether (sulfide) groups is 1. The minimum atomic E-state index is -0.670. The van der Waals surface area contributed by atoms with E-state index in [1.165, 1.54) is 0 Å². The third-order valence-corrected chi connectivity index (χ3v) is 4.35. The highest BCUT2D eigenvalue weighted by molar-refractivity contribution is 7.98. The highest BCUT2D eigenvalue weighted by Crippen LogP contribution is 2.23. The summed E-state index contributed by atoms with van der Waals surface area (Å²) in [7, 11) is 0. The topological polar surface area (TPSA) is 82.5 Å². The smallest absolute Gasteiger partial charge is 0.328 e. The third kappa shape index (κ3) is 3.29. The minimum Gasteiger partial charge on any atom is -0.456 e. The zero-order valence-corrected chi connectivity index (χ0v) is 14.0. The summed E-state index contributed by atoms with van der Waals surface area (Å²) in [6, 6.07) is 11.1. The van der Waals surface area contributed by atoms with E-state index < -0.39 is 12.0 Å². The molecule has 2 N–H and O–H groups in total. The zero-order chi connectivity index (χ0) is 17.1. The first-order valence-electron chi connectivity index (χ1n) is 7.52. The van der Waals surface area contributed by atoms with Crippen molar-refractivity contribution in [3.8, 4) is 5.75 Å². The first-order valence-corrected chi connectivity index (χ1v) is 8.91. The van der Waals surface area contributed by atoms with Crippen molar-refractivity contribution in [3.63, 3.8) is 0 Å². The van der Waals surface area contributed by atoms with Crippen LogP contribution < -0.4 is 15.9 Å². The molecule has 0 spiro atoms. The lowest BCUT2D eigenvalue weighted by atomic mass is 10.1. The van der Waals surface area contributed by atoms with Crippen molar-refractivity contribution in [1.29, 1.82) is 0 Å². The summed E-state index contributed by atoms with van der Waals surface area (Å²) in [4.78, 5) is 24.4. The van der Waals surface area contributed by atoms with Crippen LogP contribution >= 0.6 is 11.8 Å². The van der Waals surface area contributed by atoms with Crippen LogP contribution in [0, 0.1) is 0 Å². The van der Waals surface area contributed by atoms with Crippen LogP contribution in [0.1, 0.15) is 6.42 Å². The van der Waals surface area contributed by atoms with Crippen LogP contribution in [0.2, 0.25) is 0 Å². The molecule has 0 saturated carbocycles. The van der Waals surface area contributed by atoms with Gasteiger partial charge in [-0.2, -0.15) is 11.8 Å². The second-order valence-electron chi connectivity index (χ2n) is 5.39. The molecule has 3 rings (SSSR count). The van der Waals surface area contributed by atoms with E-state index in [9.17, 15) is 9.59 Å². The highest BCUT2D eigenvalue weighted by atomic mass is 32.2. The normalized spacial score (nSPS) is 12.4. The number of hydrogen-bond acceptors (Lipinski definition) is 6. The van der Waals surface area contributed by atoms with E-state index in [0.717, 1.165) is 5.75 Å². The van der Waals surface area contributed by atoms with E-state index in [1.54, 1.807) is 54.2 Å². The van der Waals surface area contributed by atoms with E-state index in [1.807, 2.05) is 6.26 Å². The molecule has 0 radical (unpaired) electrons. The van der Waals surface area contributed by atoms with Gasteiger partial charge in [-0.3, -0.25) is 4.79 Å². The molecule has 5 nitrogen and oxygen atoms in total. The molecule has 3 aromatic rings. The third-order valence-electron chi connectivity index (χ3n) is 3.70. The van der Waals surface area contributed by atoms with Crippen molar-refractivity contribution in [2.24, 2.45) is 5.73 Å². The predicted octanol–water partition coefficient (Wildman–Crippen LogP) is 2.93. The van der Waals surface area contributed by atoms with Gasteiger partial charge in [-0.15, -0.1) is 0 Å². The van der Waals surface area contributed by atoms with Crippen molar-refractivity contribution in [2.45, 2.75) is 12.5 Å². The summed E-state index contributed by atoms with van der Waals surface area (Å²) in [6.07, 6.45) is 2.50. The number of rotatable bonds is 5. The highest BCUT2D eigenvalue weighted by Gasteiger charge is 2.16. The van der Waals surface area contributed by atoms with Crippen LogP contribution in [0.3, 0.4) is 0 Å². The predicted molar refractivity (Wildman–Crippen MR) is 96.6 cm³/mol. The molecule has 0 bridgehead atoms. The van der Waals surface area contributed by atoms with Crippen LogP contribution in [-0.2, 0) is 4.79 Å². The Kier molecular flexibility index (Phi) is 4.87. The van der Waals surface area contributed by atoms with Gasteiger partial charge in [-0.05, 0) is 42.7 Å². The summed E-state index contributed by atoms with van der Waals surface area (Å²) >= 11 is 1.62. The van der Waals surface area contributed by atoms with Crippen LogP contribution in [-0.4, -0.2) is 24.0 Å². The maximum Gasteiger partial charge on any atom is 0.328 e. The van der Waals surface area contributed by atoms with E-state index in [0.29, 0.717) is 34.1 Å². The number of carbonyl (C=O) groups is 1. The minimum absolute atomic E-state index is 0.110. The number of benzene rings is 2. The summed E-state index contributed by atoms with van der Waals surface area (Å²) < 4.78 is 11.0. The first kappa shape index (κ1) is 16.5. The SMILES string of the molecule is CSCC[C@H](N)C(=O)Oc1ccc2c(=O)c3ccccc3oc2c1. The molecule has 6 heteroatoms. The molecule has 2 aromatic carbocycles. The number of para-hydroxylation sites is 1. The number of esters is 1. The number of ether oxygens (including phenoxy) is 1. The first-order chi connectivity index (χ1) is 11.6. The van der Waals surface area contributed by atoms with Crippen molar-refractivity contribution < 1.29 is 13.9 Å². The Hall–Kier alpha value is -2.31. The van der Waals surface area contributed by atoms with Crippen LogP contribution in [0.4, 0.5) is 0 Å². The Morgan fingerprint density at radius 2 is 1.96 bits per heavy atom. The lowest BCUT2D eigenvalue weighted by Gasteiger charge is -2.11. The molecule has 124 valence electrons. The quantitative estimate of drug-likeness (QED) is 0.436. The van der Waals surface area contributed by atoms with Gasteiger partial charge in [0.15, 0.2) is 0 Å². The van der Waals surface area contributed by atoms with Crippen molar-refractivity contribution in [3.05, 3.63) is 52.7 Å². The summed E-state index contributed by atoms with van der Waals surface area (Å²) in [5, 5.41) is 0.967. The van der Waals surface area contributed by atoms with Gasteiger partial charge in [0.1, 0.15) is 23.0 Å². The lowest BCUT2D eigenvalue weighted by Crippen LogP contribution is -2.34. The van der Waals surface area contributed by atoms with Crippen LogP contribution in [0.5, 0.6) is 5.75 Å². The van der Waals surface area contributed by atoms with Gasteiger partial charge in [0, 0.05) is 6.07 Å². The Morgan fingerprint density at radius 3 is 2.75 bits per heavy atom. The van der Waals surface area contributed by atoms with Gasteiger partial charge in [-0.1, -0.05) is 12.1 Å². The largest absolute Gasteiger partial charge is 0.456 e. The van der Waals surface area contributed by atoms with Gasteiger partial charge in [0.25, 0.3) is 0 Å². The van der Waals surface area contributed by atoms with Gasteiger partial charge in [0.05, 0.1) is 10.8 Å². The Morgan fingerprint density at radius 1 is 1.21 bits per heavy atom. The van der Waals surface area contributed by atoms with E-state index in [4.69, 9.17) is 14.9 Å². The van der Waals surface area contributed by atoms with Crippen molar-refractivity contribution in [1.82, 2.24) is 0 Å². The number of hydrogen-bond donors (Lipinski definition) is 1. The monoisotopic (exact) mass is 343 g/mol. The molecular weight excluding hydrogens is 326 g/mol. The molecular formula is C18H17NO4S. The Balaban J connectivity index is 1.92. The number of carbonyl (C=O) groups excluding carboxylic acids is 1. The van der Waals surface area contributed by atoms with Crippen LogP contribution in [0.15, 0.2) is 51.7 Å². The van der Waals surface area contributed by atoms with Gasteiger partial charge >= 0.3 is 5.97 Å². The zero-order valence-electron chi connectivity index (χ0n) is 13.2. The molecule has 1 atom stereocenters. The van der Waals surface area contributed by atoms with E-state index >= 15 is 0 Å². The summed E-state index contributed by atoms with van der Waals surface area (Å²) in [5.41, 5.74) is 6.56. The second kappa shape index (κ2) is 7.07. The molecule has 0 unspecified atom stereocenters. The van der Waals surface area contributed by atoms with E-state index in [-0.39, 0.29) is 5.43 Å². The molecule has 1 heterocycles. The fourth-order valence-corrected chi connectivity index (χ4v) is 2.89. The maximum atomic E-state index is 12.5. The van der Waals surface area contributed by atoms with Gasteiger partial charge < -0.3 is 14.9 Å². The number of fused-ring (bicyclic) bond motifs is 2. The fourth-order valence-electron chi connectivity index (χ4n) is 2.40. The average Bonchev–Trinajstić information content (AvgIpc) is 2.59. The van der Waals surface area contributed by atoms with Gasteiger partial charge in [-0.25, -0.2) is 4.79 Å². The fraction of sp³-hybridized carbons (Fsp3) is 0.222. The molecule has 0 saturated heterocycles. The van der Waals surface area contributed by atoms with E-state index in [2.05, 4.69) is 0 Å². The second-order valence-corrected chi connectivity index (χ2v) is 6.38. The van der Waals surface area contributed by atoms with Gasteiger partial charge in [0.2, 0.25) is 5.43 Å². The molecule has 0 aliphatic carbocycles. The molecule has 24 heavy (non-hydrogen) atoms. The molecule has 1 aromatic heterocycles. The van der Waals surface area contributed by atoms with Crippen LogP contribution in [0.25, 0.3) is 21.9 Å². The average molecular weight is 343 g/mol. The molecule has 0 aliphatic heterocycles. The molecule has 0 fully saturated rings. The number of nitrogens with two attached hydrogens (primary N) is 1. The Labute approximate surface area is 142 Å². The molecule has 0 aliphatic rings. The lowest BCUT2D eigenvalue weighted by molar-refractivity contribution is -0.135. The summed E-state index contributed by atoms with van der Waals surface area (Å²) in [5.74, 6) is 0.603. The maximum absolute atomic E-state index is 12.5. The standard InChI is InChI=1S/C18H17NO4S/c1-24-9-8-14(19)18(21)22-11-6-7-13-16(10-11)23-15-5-3-2-4-12(15)17(13)20/h2-7,10,14H,8-9,19H2,1H3/t14-/m0/s1. The van der Waals surface area contributed by atoms with Crippen molar-refractivity contribution in [2.75, 3.05) is 12.0 Å². The Bertz CT molecular complexity index is 951. The van der Waals surface area contributed by atoms with Crippen molar-refractivity contribution >= 4 is 39.7 Å². The summed E-state index contributed by atoms with van der Waals surface area (Å²) in [6.45, 7) is 0.